The zero-order valence-electron chi connectivity index (χ0n) is 9.62. The lowest BCUT2D eigenvalue weighted by atomic mass is 10.3. The standard InChI is InChI=1S/C12H10N4OS/c1-8-7-10(11-13-14-12(18)17-11)15-16(8)9-5-3-2-4-6-9/h2-7H,1H3,(H,14,18). The molecule has 1 N–H and O–H groups in total. The molecule has 0 saturated heterocycles. The maximum absolute atomic E-state index is 5.25. The fraction of sp³-hybridized carbons (Fsp3) is 0.0833. The molecule has 0 amide bonds. The van der Waals surface area contributed by atoms with Gasteiger partial charge in [0.2, 0.25) is 0 Å². The monoisotopic (exact) mass is 258 g/mol. The molecule has 18 heavy (non-hydrogen) atoms. The summed E-state index contributed by atoms with van der Waals surface area (Å²) in [4.78, 5) is 0.247. The van der Waals surface area contributed by atoms with Crippen LogP contribution in [0.2, 0.25) is 0 Å². The number of aromatic amines is 1. The molecule has 90 valence electrons. The van der Waals surface area contributed by atoms with Gasteiger partial charge in [0, 0.05) is 5.69 Å². The van der Waals surface area contributed by atoms with Crippen LogP contribution in [0.3, 0.4) is 0 Å². The number of benzene rings is 1. The van der Waals surface area contributed by atoms with Crippen molar-refractivity contribution in [3.63, 3.8) is 0 Å². The average Bonchev–Trinajstić information content (AvgIpc) is 2.97. The maximum Gasteiger partial charge on any atom is 0.284 e. The Morgan fingerprint density at radius 3 is 2.72 bits per heavy atom. The van der Waals surface area contributed by atoms with E-state index in [1.165, 1.54) is 0 Å². The van der Waals surface area contributed by atoms with Crippen LogP contribution in [0.4, 0.5) is 0 Å². The summed E-state index contributed by atoms with van der Waals surface area (Å²) in [5, 5.41) is 11.0. The molecule has 1 aromatic carbocycles. The third-order valence-electron chi connectivity index (χ3n) is 2.55. The van der Waals surface area contributed by atoms with Gasteiger partial charge in [0.15, 0.2) is 0 Å². The molecule has 6 heteroatoms. The number of nitrogens with zero attached hydrogens (tertiary/aromatic N) is 3. The molecule has 5 nitrogen and oxygen atoms in total. The number of para-hydroxylation sites is 1. The Hall–Kier alpha value is -2.21. The summed E-state index contributed by atoms with van der Waals surface area (Å²) in [5.74, 6) is 0.401. The SMILES string of the molecule is Cc1cc(-c2n[nH]c(=S)o2)nn1-c1ccccc1. The van der Waals surface area contributed by atoms with E-state index in [1.807, 2.05) is 48.0 Å². The third-order valence-corrected chi connectivity index (χ3v) is 2.72. The second-order valence-corrected chi connectivity index (χ2v) is 4.21. The lowest BCUT2D eigenvalue weighted by Gasteiger charge is -2.02. The molecule has 2 heterocycles. The summed E-state index contributed by atoms with van der Waals surface area (Å²) in [6.45, 7) is 1.98. The Kier molecular flexibility index (Phi) is 2.56. The van der Waals surface area contributed by atoms with Crippen molar-refractivity contribution in [2.24, 2.45) is 0 Å². The van der Waals surface area contributed by atoms with Crippen LogP contribution < -0.4 is 0 Å². The van der Waals surface area contributed by atoms with Crippen molar-refractivity contribution in [2.75, 3.05) is 0 Å². The highest BCUT2D eigenvalue weighted by molar-refractivity contribution is 7.71. The molecule has 0 aliphatic rings. The molecule has 0 spiro atoms. The Balaban J connectivity index is 2.09. The van der Waals surface area contributed by atoms with Crippen molar-refractivity contribution in [1.29, 1.82) is 0 Å². The molecule has 0 unspecified atom stereocenters. The molecule has 0 bridgehead atoms. The summed E-state index contributed by atoms with van der Waals surface area (Å²) >= 11 is 4.85. The van der Waals surface area contributed by atoms with Crippen molar-refractivity contribution in [2.45, 2.75) is 6.92 Å². The summed E-state index contributed by atoms with van der Waals surface area (Å²) in [5.41, 5.74) is 2.65. The van der Waals surface area contributed by atoms with Crippen LogP contribution >= 0.6 is 12.2 Å². The van der Waals surface area contributed by atoms with Gasteiger partial charge in [0.25, 0.3) is 10.7 Å². The Bertz CT molecular complexity index is 726. The Morgan fingerprint density at radius 1 is 1.28 bits per heavy atom. The van der Waals surface area contributed by atoms with Gasteiger partial charge < -0.3 is 4.42 Å². The van der Waals surface area contributed by atoms with E-state index in [-0.39, 0.29) is 4.84 Å². The number of aromatic nitrogens is 4. The maximum atomic E-state index is 5.25. The highest BCUT2D eigenvalue weighted by atomic mass is 32.1. The first kappa shape index (κ1) is 10.9. The highest BCUT2D eigenvalue weighted by Crippen LogP contribution is 2.19. The molecule has 0 atom stereocenters. The molecule has 0 aliphatic heterocycles. The predicted octanol–water partition coefficient (Wildman–Crippen LogP) is 2.89. The first-order valence-corrected chi connectivity index (χ1v) is 5.83. The second-order valence-electron chi connectivity index (χ2n) is 3.84. The lowest BCUT2D eigenvalue weighted by molar-refractivity contribution is 0.549. The topological polar surface area (TPSA) is 59.6 Å². The largest absolute Gasteiger partial charge is 0.408 e. The fourth-order valence-corrected chi connectivity index (χ4v) is 1.87. The quantitative estimate of drug-likeness (QED) is 0.718. The summed E-state index contributed by atoms with van der Waals surface area (Å²) in [6, 6.07) is 11.8. The van der Waals surface area contributed by atoms with Crippen molar-refractivity contribution >= 4 is 12.2 Å². The molecule has 3 aromatic rings. The molecule has 0 fully saturated rings. The van der Waals surface area contributed by atoms with Crippen LogP contribution in [0.1, 0.15) is 5.69 Å². The normalized spacial score (nSPS) is 10.7. The number of aryl methyl sites for hydroxylation is 1. The van der Waals surface area contributed by atoms with Crippen molar-refractivity contribution in [3.8, 4) is 17.3 Å². The highest BCUT2D eigenvalue weighted by Gasteiger charge is 2.11. The Labute approximate surface area is 108 Å². The van der Waals surface area contributed by atoms with E-state index in [0.29, 0.717) is 11.6 Å². The van der Waals surface area contributed by atoms with Crippen molar-refractivity contribution in [3.05, 3.63) is 46.9 Å². The number of hydrogen-bond donors (Lipinski definition) is 1. The van der Waals surface area contributed by atoms with Gasteiger partial charge in [0.1, 0.15) is 5.69 Å². The van der Waals surface area contributed by atoms with Gasteiger partial charge in [-0.1, -0.05) is 18.2 Å². The Morgan fingerprint density at radius 2 is 2.06 bits per heavy atom. The smallest absolute Gasteiger partial charge is 0.284 e. The van der Waals surface area contributed by atoms with Crippen LogP contribution in [0.5, 0.6) is 0 Å². The van der Waals surface area contributed by atoms with Gasteiger partial charge >= 0.3 is 0 Å². The lowest BCUT2D eigenvalue weighted by Crippen LogP contribution is -1.98. The van der Waals surface area contributed by atoms with Crippen LogP contribution in [0, 0.1) is 11.8 Å². The molecule has 0 aliphatic carbocycles. The van der Waals surface area contributed by atoms with E-state index in [2.05, 4.69) is 15.3 Å². The number of rotatable bonds is 2. The molecular formula is C12H10N4OS. The van der Waals surface area contributed by atoms with Gasteiger partial charge in [-0.25, -0.2) is 9.78 Å². The number of H-pyrrole nitrogens is 1. The van der Waals surface area contributed by atoms with Gasteiger partial charge in [0.05, 0.1) is 5.69 Å². The van der Waals surface area contributed by atoms with Crippen LogP contribution in [-0.4, -0.2) is 20.0 Å². The number of hydrogen-bond acceptors (Lipinski definition) is 4. The van der Waals surface area contributed by atoms with Gasteiger partial charge in [-0.15, -0.1) is 5.10 Å². The molecule has 0 radical (unpaired) electrons. The minimum absolute atomic E-state index is 0.247. The second kappa shape index (κ2) is 4.23. The minimum Gasteiger partial charge on any atom is -0.408 e. The van der Waals surface area contributed by atoms with E-state index in [4.69, 9.17) is 16.6 Å². The van der Waals surface area contributed by atoms with Gasteiger partial charge in [-0.2, -0.15) is 5.10 Å². The zero-order chi connectivity index (χ0) is 12.5. The zero-order valence-corrected chi connectivity index (χ0v) is 10.4. The average molecular weight is 258 g/mol. The van der Waals surface area contributed by atoms with Crippen LogP contribution in [0.25, 0.3) is 17.3 Å². The first-order chi connectivity index (χ1) is 8.74. The fourth-order valence-electron chi connectivity index (χ4n) is 1.75. The predicted molar refractivity (Wildman–Crippen MR) is 69.0 cm³/mol. The third kappa shape index (κ3) is 1.86. The van der Waals surface area contributed by atoms with Gasteiger partial charge in [-0.3, -0.25) is 0 Å². The summed E-state index contributed by atoms with van der Waals surface area (Å²) in [7, 11) is 0. The van der Waals surface area contributed by atoms with Crippen molar-refractivity contribution in [1.82, 2.24) is 20.0 Å². The van der Waals surface area contributed by atoms with E-state index in [9.17, 15) is 0 Å². The molecule has 2 aromatic heterocycles. The molecule has 0 saturated carbocycles. The summed E-state index contributed by atoms with van der Waals surface area (Å²) < 4.78 is 7.08. The summed E-state index contributed by atoms with van der Waals surface area (Å²) in [6.07, 6.45) is 0. The van der Waals surface area contributed by atoms with E-state index in [1.54, 1.807) is 0 Å². The number of nitrogens with one attached hydrogen (secondary N) is 1. The van der Waals surface area contributed by atoms with E-state index >= 15 is 0 Å². The van der Waals surface area contributed by atoms with E-state index in [0.717, 1.165) is 11.4 Å². The van der Waals surface area contributed by atoms with Crippen molar-refractivity contribution < 1.29 is 4.42 Å². The molecular weight excluding hydrogens is 248 g/mol. The van der Waals surface area contributed by atoms with E-state index < -0.39 is 0 Å². The van der Waals surface area contributed by atoms with Gasteiger partial charge in [-0.05, 0) is 37.3 Å². The van der Waals surface area contributed by atoms with Crippen LogP contribution in [-0.2, 0) is 0 Å². The minimum atomic E-state index is 0.247. The molecule has 3 rings (SSSR count). The van der Waals surface area contributed by atoms with Crippen LogP contribution in [0.15, 0.2) is 40.8 Å². The first-order valence-electron chi connectivity index (χ1n) is 5.42.